The molecule has 150 valence electrons. The van der Waals surface area contributed by atoms with Gasteiger partial charge in [-0.3, -0.25) is 9.78 Å². The van der Waals surface area contributed by atoms with Crippen LogP contribution in [-0.4, -0.2) is 45.4 Å². The van der Waals surface area contributed by atoms with Gasteiger partial charge in [-0.1, -0.05) is 38.2 Å². The van der Waals surface area contributed by atoms with Gasteiger partial charge >= 0.3 is 0 Å². The quantitative estimate of drug-likeness (QED) is 0.523. The molecule has 2 fully saturated rings. The van der Waals surface area contributed by atoms with Gasteiger partial charge in [0.05, 0.1) is 18.2 Å². The summed E-state index contributed by atoms with van der Waals surface area (Å²) >= 11 is 0. The van der Waals surface area contributed by atoms with E-state index in [0.29, 0.717) is 18.8 Å². The van der Waals surface area contributed by atoms with E-state index in [4.69, 9.17) is 5.73 Å². The summed E-state index contributed by atoms with van der Waals surface area (Å²) in [6.45, 7) is 0. The maximum absolute atomic E-state index is 12.7. The predicted molar refractivity (Wildman–Crippen MR) is 104 cm³/mol. The second-order valence-corrected chi connectivity index (χ2v) is 8.35. The summed E-state index contributed by atoms with van der Waals surface area (Å²) in [4.78, 5) is 16.7. The molecule has 0 radical (unpaired) electrons. The van der Waals surface area contributed by atoms with Gasteiger partial charge in [0, 0.05) is 12.4 Å². The molecule has 4 atom stereocenters. The number of carbonyl (C=O) groups is 1. The number of nitrogens with one attached hydrogen (secondary N) is 1. The number of nitrogens with two attached hydrogens (primary N) is 1. The highest BCUT2D eigenvalue weighted by Gasteiger charge is 2.39. The molecule has 1 heterocycles. The monoisotopic (exact) mass is 375 g/mol. The topological polar surface area (TPSA) is 108 Å². The van der Waals surface area contributed by atoms with Crippen LogP contribution in [0, 0.1) is 11.8 Å². The Morgan fingerprint density at radius 2 is 1.96 bits per heavy atom. The largest absolute Gasteiger partial charge is 0.390 e. The maximum Gasteiger partial charge on any atom is 0.237 e. The Morgan fingerprint density at radius 1 is 1.22 bits per heavy atom. The number of nitrogens with zero attached hydrogens (tertiary/aromatic N) is 1. The molecule has 0 bridgehead atoms. The average Bonchev–Trinajstić information content (AvgIpc) is 3.53. The molecule has 2 aliphatic carbocycles. The summed E-state index contributed by atoms with van der Waals surface area (Å²) in [6, 6.07) is 2.57. The number of carbonyl (C=O) groups excluding carboxylic acids is 1. The number of pyridine rings is 1. The summed E-state index contributed by atoms with van der Waals surface area (Å²) in [5.74, 6) is 0.371. The van der Waals surface area contributed by atoms with Gasteiger partial charge < -0.3 is 21.3 Å². The molecule has 6 heteroatoms. The Hall–Kier alpha value is -1.50. The van der Waals surface area contributed by atoms with Gasteiger partial charge in [0.15, 0.2) is 0 Å². The lowest BCUT2D eigenvalue weighted by Gasteiger charge is -2.33. The van der Waals surface area contributed by atoms with Crippen LogP contribution in [0.4, 0.5) is 0 Å². The first kappa shape index (κ1) is 20.2. The Morgan fingerprint density at radius 3 is 2.59 bits per heavy atom. The van der Waals surface area contributed by atoms with E-state index in [9.17, 15) is 15.0 Å². The molecule has 0 aromatic carbocycles. The Labute approximate surface area is 161 Å². The molecule has 1 aromatic rings. The standard InChI is InChI=1S/C21H33N3O3/c22-17(11-15-7-4-10-23-13-15)21(27)24-18(12-14-5-2-1-3-6-14)20(26)19(25)16-8-9-16/h4,7,10,13-14,16-20,25-26H,1-3,5-6,8-9,11-12,22H2,(H,24,27)/t17-,18-,19-,20+/m0/s1. The fraction of sp³-hybridized carbons (Fsp3) is 0.714. The lowest BCUT2D eigenvalue weighted by Crippen LogP contribution is -2.54. The third-order valence-electron chi connectivity index (χ3n) is 6.02. The zero-order valence-electron chi connectivity index (χ0n) is 16.0. The van der Waals surface area contributed by atoms with E-state index in [-0.39, 0.29) is 11.8 Å². The van der Waals surface area contributed by atoms with Crippen molar-refractivity contribution >= 4 is 5.91 Å². The molecule has 1 aromatic heterocycles. The average molecular weight is 376 g/mol. The van der Waals surface area contributed by atoms with E-state index < -0.39 is 24.3 Å². The molecule has 5 N–H and O–H groups in total. The normalized spacial score (nSPS) is 22.6. The van der Waals surface area contributed by atoms with Gasteiger partial charge in [-0.25, -0.2) is 0 Å². The summed E-state index contributed by atoms with van der Waals surface area (Å²) in [7, 11) is 0. The van der Waals surface area contributed by atoms with Crippen molar-refractivity contribution in [2.45, 2.75) is 82.1 Å². The number of rotatable bonds is 9. The first-order valence-corrected chi connectivity index (χ1v) is 10.4. The second kappa shape index (κ2) is 9.62. The van der Waals surface area contributed by atoms with Crippen molar-refractivity contribution in [1.29, 1.82) is 0 Å². The zero-order valence-corrected chi connectivity index (χ0v) is 16.0. The van der Waals surface area contributed by atoms with Crippen LogP contribution >= 0.6 is 0 Å². The minimum absolute atomic E-state index is 0.162. The van der Waals surface area contributed by atoms with Crippen molar-refractivity contribution < 1.29 is 15.0 Å². The third-order valence-corrected chi connectivity index (χ3v) is 6.02. The van der Waals surface area contributed by atoms with Gasteiger partial charge in [-0.05, 0) is 49.1 Å². The van der Waals surface area contributed by atoms with Crippen LogP contribution in [-0.2, 0) is 11.2 Å². The van der Waals surface area contributed by atoms with E-state index in [1.165, 1.54) is 19.3 Å². The van der Waals surface area contributed by atoms with E-state index in [0.717, 1.165) is 31.2 Å². The molecule has 6 nitrogen and oxygen atoms in total. The number of hydrogen-bond donors (Lipinski definition) is 4. The lowest BCUT2D eigenvalue weighted by atomic mass is 9.82. The summed E-state index contributed by atoms with van der Waals surface area (Å²) in [6.07, 6.45) is 10.6. The molecular weight excluding hydrogens is 342 g/mol. The molecule has 0 saturated heterocycles. The van der Waals surface area contributed by atoms with E-state index in [2.05, 4.69) is 10.3 Å². The van der Waals surface area contributed by atoms with Crippen molar-refractivity contribution in [2.75, 3.05) is 0 Å². The predicted octanol–water partition coefficient (Wildman–Crippen LogP) is 1.54. The summed E-state index contributed by atoms with van der Waals surface area (Å²) in [5, 5.41) is 24.1. The van der Waals surface area contributed by atoms with Crippen molar-refractivity contribution in [3.8, 4) is 0 Å². The minimum atomic E-state index is -0.936. The maximum atomic E-state index is 12.7. The molecule has 3 rings (SSSR count). The van der Waals surface area contributed by atoms with Gasteiger partial charge in [0.25, 0.3) is 0 Å². The SMILES string of the molecule is N[C@@H](Cc1cccnc1)C(=O)N[C@@H](CC1CCCCC1)[C@@H](O)[C@@H](O)C1CC1. The first-order valence-electron chi connectivity index (χ1n) is 10.4. The second-order valence-electron chi connectivity index (χ2n) is 8.35. The van der Waals surface area contributed by atoms with Gasteiger partial charge in [0.1, 0.15) is 6.10 Å². The molecule has 2 aliphatic rings. The number of hydrogen-bond acceptors (Lipinski definition) is 5. The summed E-state index contributed by atoms with van der Waals surface area (Å²) < 4.78 is 0. The molecule has 2 saturated carbocycles. The van der Waals surface area contributed by atoms with Crippen LogP contribution in [0.1, 0.15) is 56.9 Å². The highest BCUT2D eigenvalue weighted by molar-refractivity contribution is 5.82. The number of aromatic nitrogens is 1. The van der Waals surface area contributed by atoms with Crippen LogP contribution < -0.4 is 11.1 Å². The Kier molecular flexibility index (Phi) is 7.21. The highest BCUT2D eigenvalue weighted by atomic mass is 16.3. The van der Waals surface area contributed by atoms with Crippen LogP contribution in [0.2, 0.25) is 0 Å². The van der Waals surface area contributed by atoms with Crippen LogP contribution in [0.5, 0.6) is 0 Å². The number of amides is 1. The van der Waals surface area contributed by atoms with Crippen molar-refractivity contribution in [3.63, 3.8) is 0 Å². The highest BCUT2D eigenvalue weighted by Crippen LogP contribution is 2.36. The summed E-state index contributed by atoms with van der Waals surface area (Å²) in [5.41, 5.74) is 7.00. The van der Waals surface area contributed by atoms with Crippen LogP contribution in [0.25, 0.3) is 0 Å². The number of aliphatic hydroxyl groups excluding tert-OH is 2. The smallest absolute Gasteiger partial charge is 0.237 e. The zero-order chi connectivity index (χ0) is 19.2. The molecule has 0 unspecified atom stereocenters. The van der Waals surface area contributed by atoms with Crippen LogP contribution in [0.3, 0.4) is 0 Å². The molecule has 1 amide bonds. The van der Waals surface area contributed by atoms with Crippen LogP contribution in [0.15, 0.2) is 24.5 Å². The number of aliphatic hydroxyl groups is 2. The van der Waals surface area contributed by atoms with E-state index in [1.54, 1.807) is 12.4 Å². The molecule has 0 spiro atoms. The van der Waals surface area contributed by atoms with Crippen molar-refractivity contribution in [2.24, 2.45) is 17.6 Å². The molecule has 27 heavy (non-hydrogen) atoms. The fourth-order valence-electron chi connectivity index (χ4n) is 4.18. The van der Waals surface area contributed by atoms with E-state index >= 15 is 0 Å². The minimum Gasteiger partial charge on any atom is -0.390 e. The van der Waals surface area contributed by atoms with Gasteiger partial charge in [-0.15, -0.1) is 0 Å². The fourth-order valence-corrected chi connectivity index (χ4v) is 4.18. The van der Waals surface area contributed by atoms with Crippen molar-refractivity contribution in [1.82, 2.24) is 10.3 Å². The Bertz CT molecular complexity index is 588. The van der Waals surface area contributed by atoms with Gasteiger partial charge in [-0.2, -0.15) is 0 Å². The molecule has 0 aliphatic heterocycles. The first-order chi connectivity index (χ1) is 13.0. The lowest BCUT2D eigenvalue weighted by molar-refractivity contribution is -0.125. The Balaban J connectivity index is 1.60. The van der Waals surface area contributed by atoms with Crippen molar-refractivity contribution in [3.05, 3.63) is 30.1 Å². The molecular formula is C21H33N3O3. The van der Waals surface area contributed by atoms with Gasteiger partial charge in [0.2, 0.25) is 5.91 Å². The third kappa shape index (κ3) is 5.99. The van der Waals surface area contributed by atoms with E-state index in [1.807, 2.05) is 12.1 Å².